The first kappa shape index (κ1) is 112. The summed E-state index contributed by atoms with van der Waals surface area (Å²) in [6.45, 7) is -3.44. The van der Waals surface area contributed by atoms with Crippen LogP contribution in [0, 0.1) is 99.6 Å². The van der Waals surface area contributed by atoms with Gasteiger partial charge in [-0.2, -0.15) is 35.1 Å². The first-order chi connectivity index (χ1) is 69.9. The van der Waals surface area contributed by atoms with Crippen molar-refractivity contribution in [3.8, 4) is 0 Å². The minimum atomic E-state index is -3.54. The maximum absolute atomic E-state index is 13.4. The molecule has 8 aromatic carbocycles. The summed E-state index contributed by atoms with van der Waals surface area (Å²) in [5.41, 5.74) is -3.76. The van der Waals surface area contributed by atoms with Gasteiger partial charge in [0.05, 0.1) is 0 Å². The number of rotatable bonds is 16. The van der Waals surface area contributed by atoms with Crippen LogP contribution in [0.2, 0.25) is 0 Å². The zero-order chi connectivity index (χ0) is 105. The van der Waals surface area contributed by atoms with Crippen LogP contribution in [0.1, 0.15) is 156 Å². The quantitative estimate of drug-likeness (QED) is 0.0386. The molecule has 4 aliphatic heterocycles. The molecular weight excluding hydrogens is 2410 g/mol. The number of alkyl halides is 16. The van der Waals surface area contributed by atoms with Crippen LogP contribution in [0.3, 0.4) is 0 Å². The molecule has 0 radical (unpaired) electrons. The number of hydrogen-bond donors (Lipinski definition) is 0. The molecule has 20 aliphatic rings. The summed E-state index contributed by atoms with van der Waals surface area (Å²) in [5, 5.41) is 0. The molecule has 8 atom stereocenters. The molecule has 4 heterocycles. The maximum atomic E-state index is 13.4. The van der Waals surface area contributed by atoms with Crippen LogP contribution in [0.4, 0.5) is 70.2 Å². The number of carbonyl (C=O) groups excluding carboxylic acids is 4. The molecule has 148 heavy (non-hydrogen) atoms. The SMILES string of the molecule is CC(F)(F)C(=O)OC12CC3CC(C1)C1(OCC(F)(F)CO1)C(C3)C2.CC(F)(F)C(=O)OC12CC3CC(C1)C1(OCC(F)(F)CO1)C(C3)C2.CC(F)(F)C(=O)OC12CC3CC(C1)C1(OCC(F)(F)CO1)C(C3)C2.CC(F)(F)C(=O)OC12CC3CC(C1)C1(OCC(F)(F)CO1)C(C3)C2.c1ccc([I-]c2ccccc2)cc1.c1ccc([I-]c2ccccc2)cc1.c1ccc([I-]c2ccccc2)cc1.c1ccc([I-]c2ccccc2)cc1. The Labute approximate surface area is 891 Å². The van der Waals surface area contributed by atoms with Crippen molar-refractivity contribution in [1.82, 2.24) is 0 Å². The van der Waals surface area contributed by atoms with Gasteiger partial charge in [-0.1, -0.05) is 0 Å². The Bertz CT molecular complexity index is 4810. The number of carbonyl (C=O) groups is 4. The van der Waals surface area contributed by atoms with Gasteiger partial charge >= 0.3 is 404 Å². The van der Waals surface area contributed by atoms with E-state index in [1.807, 2.05) is 0 Å². The third-order valence-electron chi connectivity index (χ3n) is 30.6. The summed E-state index contributed by atoms with van der Waals surface area (Å²) in [4.78, 5) is 46.7. The summed E-state index contributed by atoms with van der Waals surface area (Å²) in [6.07, 6.45) is 10.6. The van der Waals surface area contributed by atoms with Gasteiger partial charge in [0, 0.05) is 75.0 Å². The fourth-order valence-electron chi connectivity index (χ4n) is 25.4. The molecular formula is C112H120F16I4O16-4. The fourth-order valence-corrected chi connectivity index (χ4v) is 34.4. The van der Waals surface area contributed by atoms with E-state index in [-0.39, 0.29) is 156 Å². The molecule has 4 spiro atoms. The van der Waals surface area contributed by atoms with E-state index in [0.29, 0.717) is 105 Å². The van der Waals surface area contributed by atoms with E-state index in [1.54, 1.807) is 0 Å². The molecule has 0 amide bonds. The molecule has 4 saturated heterocycles. The van der Waals surface area contributed by atoms with Crippen LogP contribution in [0.15, 0.2) is 243 Å². The average molecular weight is 2530 g/mol. The van der Waals surface area contributed by atoms with Gasteiger partial charge in [-0.3, -0.25) is 0 Å². The van der Waals surface area contributed by atoms with E-state index in [1.165, 1.54) is 28.6 Å². The Balaban J connectivity index is 0.000000117. The van der Waals surface area contributed by atoms with Crippen LogP contribution in [0.25, 0.3) is 0 Å². The zero-order valence-corrected chi connectivity index (χ0v) is 90.5. The van der Waals surface area contributed by atoms with E-state index in [2.05, 4.69) is 243 Å². The van der Waals surface area contributed by atoms with Crippen molar-refractivity contribution in [2.24, 2.45) is 71.0 Å². The number of esters is 4. The van der Waals surface area contributed by atoms with Gasteiger partial charge in [0.1, 0.15) is 75.3 Å². The third kappa shape index (κ3) is 27.1. The van der Waals surface area contributed by atoms with Crippen LogP contribution >= 0.6 is 0 Å². The van der Waals surface area contributed by atoms with Crippen LogP contribution in [-0.2, 0) is 76.0 Å². The van der Waals surface area contributed by atoms with Crippen LogP contribution < -0.4 is 84.8 Å². The number of halogens is 20. The minimum absolute atomic E-state index is 0.0287. The van der Waals surface area contributed by atoms with Gasteiger partial charge in [0.2, 0.25) is 0 Å². The second kappa shape index (κ2) is 45.1. The summed E-state index contributed by atoms with van der Waals surface area (Å²) in [7, 11) is 0. The van der Waals surface area contributed by atoms with E-state index in [4.69, 9.17) is 56.8 Å². The normalized spacial score (nSPS) is 31.0. The van der Waals surface area contributed by atoms with E-state index in [0.717, 1.165) is 51.4 Å². The van der Waals surface area contributed by atoms with Crippen LogP contribution in [-0.4, -0.2) is 170 Å². The van der Waals surface area contributed by atoms with Gasteiger partial charge in [0.25, 0.3) is 23.7 Å². The molecule has 16 nitrogen and oxygen atoms in total. The van der Waals surface area contributed by atoms with Gasteiger partial charge in [-0.25, -0.2) is 54.3 Å². The molecule has 20 fully saturated rings. The number of benzene rings is 8. The van der Waals surface area contributed by atoms with Crippen molar-refractivity contribution >= 4 is 23.9 Å². The Hall–Kier alpha value is -6.88. The summed E-state index contributed by atoms with van der Waals surface area (Å²) in [6, 6.07) is 85.6. The standard InChI is InChI=1S/4C16H20F4O4.4C12H10I/c4*1-13(17,18)12(21)24-14-4-9-2-10(5-14)16(11(3-9)6-14)22-7-15(19,20)8-23-16;4*1-3-7-11(8-4-1)13-12-9-5-2-6-10-12/h4*9-11H,2-8H2,1H3;4*1-10H/q;;;;4*-1. The predicted molar refractivity (Wildman–Crippen MR) is 491 cm³/mol. The first-order valence-corrected chi connectivity index (χ1v) is 58.7. The monoisotopic (exact) mass is 2530 g/mol. The van der Waals surface area contributed by atoms with Gasteiger partial charge in [-0.05, 0) is 152 Å². The first-order valence-electron chi connectivity index (χ1n) is 50.0. The Morgan fingerprint density at radius 3 is 0.459 bits per heavy atom. The van der Waals surface area contributed by atoms with E-state index >= 15 is 0 Å². The van der Waals surface area contributed by atoms with Crippen molar-refractivity contribution in [3.63, 3.8) is 0 Å². The Morgan fingerprint density at radius 1 is 0.223 bits per heavy atom. The van der Waals surface area contributed by atoms with Gasteiger partial charge in [0.15, 0.2) is 23.1 Å². The predicted octanol–water partition coefficient (Wildman–Crippen LogP) is 11.8. The topological polar surface area (TPSA) is 179 Å². The summed E-state index contributed by atoms with van der Waals surface area (Å²) in [5.74, 6) is -37.4. The Morgan fingerprint density at radius 2 is 0.345 bits per heavy atom. The van der Waals surface area contributed by atoms with Crippen molar-refractivity contribution in [2.45, 2.75) is 249 Å². The van der Waals surface area contributed by atoms with Crippen LogP contribution in [0.5, 0.6) is 0 Å². The molecule has 16 aliphatic carbocycles. The molecule has 16 saturated carbocycles. The third-order valence-corrected chi connectivity index (χ3v) is 41.3. The Kier molecular flexibility index (Phi) is 34.2. The van der Waals surface area contributed by atoms with E-state index < -0.39 is 170 Å². The van der Waals surface area contributed by atoms with Gasteiger partial charge in [-0.15, -0.1) is 0 Å². The molecule has 16 bridgehead atoms. The molecule has 36 heteroatoms. The van der Waals surface area contributed by atoms with Crippen molar-refractivity contribution < 1.29 is 231 Å². The van der Waals surface area contributed by atoms with Gasteiger partial charge < -0.3 is 56.8 Å². The molecule has 8 unspecified atom stereocenters. The molecule has 0 aromatic heterocycles. The number of ether oxygens (including phenoxy) is 12. The fraction of sp³-hybridized carbons (Fsp3) is 0.536. The number of hydrogen-bond acceptors (Lipinski definition) is 16. The van der Waals surface area contributed by atoms with Crippen molar-refractivity contribution in [3.05, 3.63) is 271 Å². The summed E-state index contributed by atoms with van der Waals surface area (Å²) >= 11 is 0.115. The molecule has 0 N–H and O–H groups in total. The summed E-state index contributed by atoms with van der Waals surface area (Å²) < 4.78 is 290. The zero-order valence-electron chi connectivity index (χ0n) is 81.9. The van der Waals surface area contributed by atoms with Crippen molar-refractivity contribution in [1.29, 1.82) is 0 Å². The van der Waals surface area contributed by atoms with Crippen molar-refractivity contribution in [2.75, 3.05) is 52.9 Å². The molecule has 808 valence electrons. The van der Waals surface area contributed by atoms with E-state index in [9.17, 15) is 89.4 Å². The molecule has 28 rings (SSSR count). The molecule has 8 aromatic rings. The second-order valence-corrected chi connectivity index (χ2v) is 54.7. The average Bonchev–Trinajstić information content (AvgIpc) is 0.713. The second-order valence-electron chi connectivity index (χ2n) is 42.6.